The number of hydrogen-bond donors (Lipinski definition) is 2. The van der Waals surface area contributed by atoms with Gasteiger partial charge in [-0.1, -0.05) is 12.1 Å². The predicted molar refractivity (Wildman–Crippen MR) is 78.9 cm³/mol. The van der Waals surface area contributed by atoms with Crippen LogP contribution in [0.2, 0.25) is 0 Å². The summed E-state index contributed by atoms with van der Waals surface area (Å²) in [5.74, 6) is 0.655. The summed E-state index contributed by atoms with van der Waals surface area (Å²) in [7, 11) is 0. The first-order chi connectivity index (χ1) is 9.61. The molecule has 2 aromatic carbocycles. The maximum Gasteiger partial charge on any atom is 0.148 e. The van der Waals surface area contributed by atoms with Crippen LogP contribution in [0, 0.1) is 6.92 Å². The Bertz CT molecular complexity index is 770. The standard InChI is InChI=1S/C16H16N2O2/c1-3-18-12-8-7-10(2)9-11(12)17-16(18)15-13(19)5-4-6-14(15)20/h4-9,19-20H,3H2,1-2H3. The van der Waals surface area contributed by atoms with Crippen LogP contribution in [0.1, 0.15) is 12.5 Å². The molecule has 0 aliphatic heterocycles. The molecule has 0 fully saturated rings. The Morgan fingerprint density at radius 2 is 1.80 bits per heavy atom. The van der Waals surface area contributed by atoms with Crippen LogP contribution in [-0.4, -0.2) is 19.8 Å². The molecular formula is C16H16N2O2. The van der Waals surface area contributed by atoms with Gasteiger partial charge in [0.15, 0.2) is 0 Å². The molecule has 4 heteroatoms. The zero-order chi connectivity index (χ0) is 14.3. The third-order valence-electron chi connectivity index (χ3n) is 3.46. The van der Waals surface area contributed by atoms with Gasteiger partial charge < -0.3 is 14.8 Å². The molecule has 3 rings (SSSR count). The van der Waals surface area contributed by atoms with E-state index in [0.717, 1.165) is 16.6 Å². The van der Waals surface area contributed by atoms with Gasteiger partial charge in [-0.3, -0.25) is 0 Å². The zero-order valence-electron chi connectivity index (χ0n) is 11.5. The van der Waals surface area contributed by atoms with Crippen LogP contribution in [0.25, 0.3) is 22.4 Å². The molecule has 0 saturated heterocycles. The van der Waals surface area contributed by atoms with Gasteiger partial charge in [-0.05, 0) is 43.7 Å². The van der Waals surface area contributed by atoms with E-state index in [0.29, 0.717) is 17.9 Å². The van der Waals surface area contributed by atoms with E-state index in [1.807, 2.05) is 36.6 Å². The molecule has 20 heavy (non-hydrogen) atoms. The summed E-state index contributed by atoms with van der Waals surface area (Å²) >= 11 is 0. The minimum atomic E-state index is 0.0340. The second-order valence-corrected chi connectivity index (χ2v) is 4.84. The lowest BCUT2D eigenvalue weighted by Gasteiger charge is -2.09. The highest BCUT2D eigenvalue weighted by Gasteiger charge is 2.17. The molecule has 3 aromatic rings. The summed E-state index contributed by atoms with van der Waals surface area (Å²) in [5, 5.41) is 20.1. The average Bonchev–Trinajstić information content (AvgIpc) is 2.75. The molecular weight excluding hydrogens is 252 g/mol. The van der Waals surface area contributed by atoms with Gasteiger partial charge in [0.2, 0.25) is 0 Å². The van der Waals surface area contributed by atoms with Crippen molar-refractivity contribution in [2.45, 2.75) is 20.4 Å². The smallest absolute Gasteiger partial charge is 0.148 e. The monoisotopic (exact) mass is 268 g/mol. The van der Waals surface area contributed by atoms with E-state index >= 15 is 0 Å². The highest BCUT2D eigenvalue weighted by Crippen LogP contribution is 2.37. The maximum atomic E-state index is 10.0. The van der Waals surface area contributed by atoms with Crippen LogP contribution in [-0.2, 0) is 6.54 Å². The summed E-state index contributed by atoms with van der Waals surface area (Å²) in [5.41, 5.74) is 3.37. The van der Waals surface area contributed by atoms with Crippen LogP contribution < -0.4 is 0 Å². The molecule has 0 spiro atoms. The van der Waals surface area contributed by atoms with Crippen molar-refractivity contribution in [3.63, 3.8) is 0 Å². The van der Waals surface area contributed by atoms with Gasteiger partial charge in [0.1, 0.15) is 22.9 Å². The van der Waals surface area contributed by atoms with Crippen LogP contribution in [0.15, 0.2) is 36.4 Å². The van der Waals surface area contributed by atoms with Crippen molar-refractivity contribution >= 4 is 11.0 Å². The molecule has 0 bridgehead atoms. The average molecular weight is 268 g/mol. The largest absolute Gasteiger partial charge is 0.507 e. The number of imidazole rings is 1. The molecule has 1 aromatic heterocycles. The molecule has 2 N–H and O–H groups in total. The highest BCUT2D eigenvalue weighted by molar-refractivity contribution is 5.84. The molecule has 4 nitrogen and oxygen atoms in total. The second-order valence-electron chi connectivity index (χ2n) is 4.84. The number of rotatable bonds is 2. The van der Waals surface area contributed by atoms with E-state index in [-0.39, 0.29) is 11.5 Å². The van der Waals surface area contributed by atoms with Crippen molar-refractivity contribution in [3.8, 4) is 22.9 Å². The van der Waals surface area contributed by atoms with Gasteiger partial charge in [0, 0.05) is 6.54 Å². The summed E-state index contributed by atoms with van der Waals surface area (Å²) in [6.45, 7) is 4.74. The van der Waals surface area contributed by atoms with Crippen LogP contribution in [0.3, 0.4) is 0 Å². The van der Waals surface area contributed by atoms with Crippen molar-refractivity contribution in [2.75, 3.05) is 0 Å². The van der Waals surface area contributed by atoms with E-state index in [4.69, 9.17) is 0 Å². The Kier molecular flexibility index (Phi) is 2.86. The minimum absolute atomic E-state index is 0.0340. The Morgan fingerprint density at radius 1 is 1.10 bits per heavy atom. The molecule has 0 saturated carbocycles. The number of hydrogen-bond acceptors (Lipinski definition) is 3. The minimum Gasteiger partial charge on any atom is -0.507 e. The van der Waals surface area contributed by atoms with Gasteiger partial charge in [-0.25, -0.2) is 4.98 Å². The van der Waals surface area contributed by atoms with Gasteiger partial charge in [0.25, 0.3) is 0 Å². The molecule has 0 amide bonds. The predicted octanol–water partition coefficient (Wildman–Crippen LogP) is 3.44. The molecule has 0 aliphatic carbocycles. The van der Waals surface area contributed by atoms with E-state index in [2.05, 4.69) is 4.98 Å². The summed E-state index contributed by atoms with van der Waals surface area (Å²) in [4.78, 5) is 4.58. The van der Waals surface area contributed by atoms with Crippen molar-refractivity contribution in [2.24, 2.45) is 0 Å². The van der Waals surface area contributed by atoms with E-state index in [1.165, 1.54) is 0 Å². The molecule has 102 valence electrons. The normalized spacial score (nSPS) is 11.1. The number of aromatic nitrogens is 2. The Labute approximate surface area is 116 Å². The summed E-state index contributed by atoms with van der Waals surface area (Å²) in [6.07, 6.45) is 0. The fraction of sp³-hybridized carbons (Fsp3) is 0.188. The quantitative estimate of drug-likeness (QED) is 0.748. The Balaban J connectivity index is 2.36. The van der Waals surface area contributed by atoms with Gasteiger partial charge in [-0.15, -0.1) is 0 Å². The fourth-order valence-electron chi connectivity index (χ4n) is 2.51. The molecule has 0 radical (unpaired) electrons. The van der Waals surface area contributed by atoms with Gasteiger partial charge >= 0.3 is 0 Å². The number of fused-ring (bicyclic) bond motifs is 1. The topological polar surface area (TPSA) is 58.3 Å². The van der Waals surface area contributed by atoms with Gasteiger partial charge in [-0.2, -0.15) is 0 Å². The number of phenols is 2. The third kappa shape index (κ3) is 1.81. The third-order valence-corrected chi connectivity index (χ3v) is 3.46. The zero-order valence-corrected chi connectivity index (χ0v) is 11.5. The first-order valence-electron chi connectivity index (χ1n) is 6.60. The van der Waals surface area contributed by atoms with Crippen molar-refractivity contribution in [1.29, 1.82) is 0 Å². The van der Waals surface area contributed by atoms with Crippen molar-refractivity contribution in [3.05, 3.63) is 42.0 Å². The summed E-state index contributed by atoms with van der Waals surface area (Å²) in [6, 6.07) is 10.8. The maximum absolute atomic E-state index is 10.0. The molecule has 0 aliphatic rings. The summed E-state index contributed by atoms with van der Waals surface area (Å²) < 4.78 is 1.99. The van der Waals surface area contributed by atoms with Crippen molar-refractivity contribution < 1.29 is 10.2 Å². The first-order valence-corrected chi connectivity index (χ1v) is 6.60. The highest BCUT2D eigenvalue weighted by atomic mass is 16.3. The van der Waals surface area contributed by atoms with Crippen LogP contribution in [0.4, 0.5) is 0 Å². The lowest BCUT2D eigenvalue weighted by Crippen LogP contribution is -1.97. The lowest BCUT2D eigenvalue weighted by atomic mass is 10.1. The Hall–Kier alpha value is -2.49. The SMILES string of the molecule is CCn1c(-c2c(O)cccc2O)nc2cc(C)ccc21. The lowest BCUT2D eigenvalue weighted by molar-refractivity contribution is 0.453. The first kappa shape index (κ1) is 12.5. The Morgan fingerprint density at radius 3 is 2.45 bits per heavy atom. The van der Waals surface area contributed by atoms with Crippen LogP contribution >= 0.6 is 0 Å². The van der Waals surface area contributed by atoms with E-state index in [1.54, 1.807) is 18.2 Å². The molecule has 0 atom stereocenters. The number of phenolic OH excluding ortho intramolecular Hbond substituents is 2. The van der Waals surface area contributed by atoms with Crippen LogP contribution in [0.5, 0.6) is 11.5 Å². The number of aryl methyl sites for hydroxylation is 2. The number of aromatic hydroxyl groups is 2. The number of benzene rings is 2. The van der Waals surface area contributed by atoms with E-state index in [9.17, 15) is 10.2 Å². The molecule has 0 unspecified atom stereocenters. The number of nitrogens with zero attached hydrogens (tertiary/aromatic N) is 2. The van der Waals surface area contributed by atoms with Crippen molar-refractivity contribution in [1.82, 2.24) is 9.55 Å². The van der Waals surface area contributed by atoms with Gasteiger partial charge in [0.05, 0.1) is 11.0 Å². The molecule has 1 heterocycles. The fourth-order valence-corrected chi connectivity index (χ4v) is 2.51. The van der Waals surface area contributed by atoms with E-state index < -0.39 is 0 Å². The second kappa shape index (κ2) is 4.56.